The van der Waals surface area contributed by atoms with Crippen LogP contribution in [0.2, 0.25) is 0 Å². The molecule has 0 saturated carbocycles. The number of aliphatic hydroxyl groups is 1. The van der Waals surface area contributed by atoms with Crippen LogP contribution < -0.4 is 5.32 Å². The number of nitrogens with zero attached hydrogens (tertiary/aromatic N) is 1. The van der Waals surface area contributed by atoms with E-state index in [1.807, 2.05) is 20.8 Å². The van der Waals surface area contributed by atoms with Crippen molar-refractivity contribution in [2.45, 2.75) is 59.2 Å². The number of β-amino-alcohol motifs (C(OH)–C–C–N with tert-alkyl or cyclic N) is 1. The predicted octanol–water partition coefficient (Wildman–Crippen LogP) is 1.24. The minimum absolute atomic E-state index is 0.000304. The second kappa shape index (κ2) is 6.53. The van der Waals surface area contributed by atoms with Crippen LogP contribution in [0.5, 0.6) is 0 Å². The highest BCUT2D eigenvalue weighted by Gasteiger charge is 2.31. The predicted molar refractivity (Wildman–Crippen MR) is 73.3 cm³/mol. The molecule has 4 nitrogen and oxygen atoms in total. The van der Waals surface area contributed by atoms with Gasteiger partial charge in [-0.3, -0.25) is 9.69 Å². The summed E-state index contributed by atoms with van der Waals surface area (Å²) in [5, 5.41) is 13.1. The number of hydrogen-bond donors (Lipinski definition) is 2. The number of likely N-dealkylation sites (tertiary alicyclic amines) is 1. The molecule has 0 spiro atoms. The van der Waals surface area contributed by atoms with Crippen LogP contribution in [0.25, 0.3) is 0 Å². The Labute approximate surface area is 111 Å². The molecule has 0 aromatic carbocycles. The van der Waals surface area contributed by atoms with Crippen LogP contribution in [0.4, 0.5) is 0 Å². The van der Waals surface area contributed by atoms with Crippen molar-refractivity contribution < 1.29 is 9.90 Å². The molecular weight excluding hydrogens is 228 g/mol. The average molecular weight is 256 g/mol. The van der Waals surface area contributed by atoms with E-state index in [1.165, 1.54) is 0 Å². The Morgan fingerprint density at radius 1 is 1.28 bits per heavy atom. The third kappa shape index (κ3) is 3.95. The molecule has 0 aliphatic carbocycles. The molecule has 1 aliphatic heterocycles. The number of piperidine rings is 1. The first-order valence-corrected chi connectivity index (χ1v) is 7.05. The van der Waals surface area contributed by atoms with Gasteiger partial charge in [0.05, 0.1) is 12.1 Å². The second-order valence-electron chi connectivity index (χ2n) is 6.09. The first-order valence-electron chi connectivity index (χ1n) is 7.05. The summed E-state index contributed by atoms with van der Waals surface area (Å²) in [6.07, 6.45) is 0.375. The van der Waals surface area contributed by atoms with E-state index < -0.39 is 6.10 Å². The molecule has 106 valence electrons. The molecule has 4 heteroatoms. The van der Waals surface area contributed by atoms with Gasteiger partial charge in [0, 0.05) is 25.0 Å². The molecule has 1 amide bonds. The molecule has 2 N–H and O–H groups in total. The third-order valence-corrected chi connectivity index (χ3v) is 4.08. The van der Waals surface area contributed by atoms with E-state index in [1.54, 1.807) is 0 Å². The van der Waals surface area contributed by atoms with E-state index in [0.717, 1.165) is 13.0 Å². The van der Waals surface area contributed by atoms with Gasteiger partial charge >= 0.3 is 0 Å². The molecule has 3 atom stereocenters. The van der Waals surface area contributed by atoms with Crippen LogP contribution in [-0.4, -0.2) is 47.2 Å². The fourth-order valence-electron chi connectivity index (χ4n) is 2.21. The van der Waals surface area contributed by atoms with Crippen molar-refractivity contribution in [3.8, 4) is 0 Å². The van der Waals surface area contributed by atoms with Crippen molar-refractivity contribution in [1.82, 2.24) is 10.2 Å². The first-order chi connectivity index (χ1) is 8.32. The van der Waals surface area contributed by atoms with Crippen molar-refractivity contribution in [1.29, 1.82) is 0 Å². The summed E-state index contributed by atoms with van der Waals surface area (Å²) in [4.78, 5) is 14.2. The molecular formula is C14H28N2O2. The standard InChI is InChI=1S/C14H28N2O2/c1-9(2)11(5)14(18)15-12-6-7-16(10(3)4)8-13(12)17/h9-13,17H,6-8H2,1-5H3,(H,15,18). The Hall–Kier alpha value is -0.610. The fourth-order valence-corrected chi connectivity index (χ4v) is 2.21. The first kappa shape index (κ1) is 15.4. The van der Waals surface area contributed by atoms with Crippen LogP contribution in [0.15, 0.2) is 0 Å². The largest absolute Gasteiger partial charge is 0.390 e. The van der Waals surface area contributed by atoms with Crippen LogP contribution in [0, 0.1) is 11.8 Å². The van der Waals surface area contributed by atoms with Crippen molar-refractivity contribution in [2.75, 3.05) is 13.1 Å². The Morgan fingerprint density at radius 3 is 2.33 bits per heavy atom. The summed E-state index contributed by atoms with van der Waals surface area (Å²) in [5.74, 6) is 0.394. The lowest BCUT2D eigenvalue weighted by atomic mass is 9.95. The van der Waals surface area contributed by atoms with Gasteiger partial charge in [0.25, 0.3) is 0 Å². The van der Waals surface area contributed by atoms with Crippen LogP contribution in [0.3, 0.4) is 0 Å². The van der Waals surface area contributed by atoms with Crippen molar-refractivity contribution >= 4 is 5.91 Å². The molecule has 1 fully saturated rings. The molecule has 0 aromatic heterocycles. The van der Waals surface area contributed by atoms with Gasteiger partial charge in [-0.2, -0.15) is 0 Å². The molecule has 0 bridgehead atoms. The maximum Gasteiger partial charge on any atom is 0.223 e. The van der Waals surface area contributed by atoms with E-state index in [9.17, 15) is 9.90 Å². The van der Waals surface area contributed by atoms with E-state index >= 15 is 0 Å². The third-order valence-electron chi connectivity index (χ3n) is 4.08. The highest BCUT2D eigenvalue weighted by Crippen LogP contribution is 2.16. The molecule has 1 aliphatic rings. The number of aliphatic hydroxyl groups excluding tert-OH is 1. The second-order valence-corrected chi connectivity index (χ2v) is 6.09. The van der Waals surface area contributed by atoms with E-state index in [2.05, 4.69) is 24.1 Å². The molecule has 0 radical (unpaired) electrons. The minimum Gasteiger partial charge on any atom is -0.390 e. The Kier molecular flexibility index (Phi) is 5.60. The van der Waals surface area contributed by atoms with Crippen molar-refractivity contribution in [3.05, 3.63) is 0 Å². The summed E-state index contributed by atoms with van der Waals surface area (Å²) < 4.78 is 0. The van der Waals surface area contributed by atoms with Gasteiger partial charge in [-0.15, -0.1) is 0 Å². The molecule has 0 aromatic rings. The smallest absolute Gasteiger partial charge is 0.223 e. The summed E-state index contributed by atoms with van der Waals surface area (Å²) in [7, 11) is 0. The maximum absolute atomic E-state index is 12.0. The number of carbonyl (C=O) groups excluding carboxylic acids is 1. The zero-order chi connectivity index (χ0) is 13.9. The number of nitrogens with one attached hydrogen (secondary N) is 1. The van der Waals surface area contributed by atoms with E-state index in [4.69, 9.17) is 0 Å². The van der Waals surface area contributed by atoms with Crippen LogP contribution in [-0.2, 0) is 4.79 Å². The lowest BCUT2D eigenvalue weighted by Gasteiger charge is -2.38. The maximum atomic E-state index is 12.0. The quantitative estimate of drug-likeness (QED) is 0.795. The normalized spacial score (nSPS) is 27.6. The summed E-state index contributed by atoms with van der Waals surface area (Å²) in [5.41, 5.74) is 0. The van der Waals surface area contributed by atoms with Gasteiger partial charge in [0.15, 0.2) is 0 Å². The van der Waals surface area contributed by atoms with Gasteiger partial charge < -0.3 is 10.4 Å². The van der Waals surface area contributed by atoms with Crippen LogP contribution >= 0.6 is 0 Å². The Bertz CT molecular complexity index is 279. The monoisotopic (exact) mass is 256 g/mol. The Morgan fingerprint density at radius 2 is 1.89 bits per heavy atom. The zero-order valence-electron chi connectivity index (χ0n) is 12.3. The van der Waals surface area contributed by atoms with E-state index in [0.29, 0.717) is 18.5 Å². The number of rotatable bonds is 4. The number of carbonyl (C=O) groups is 1. The molecule has 3 unspecified atom stereocenters. The highest BCUT2D eigenvalue weighted by atomic mass is 16.3. The number of amides is 1. The van der Waals surface area contributed by atoms with Gasteiger partial charge in [0.2, 0.25) is 5.91 Å². The molecule has 1 rings (SSSR count). The fraction of sp³-hybridized carbons (Fsp3) is 0.929. The van der Waals surface area contributed by atoms with E-state index in [-0.39, 0.29) is 17.9 Å². The summed E-state index contributed by atoms with van der Waals surface area (Å²) in [6.45, 7) is 11.9. The highest BCUT2D eigenvalue weighted by molar-refractivity contribution is 5.78. The topological polar surface area (TPSA) is 52.6 Å². The van der Waals surface area contributed by atoms with Crippen molar-refractivity contribution in [3.63, 3.8) is 0 Å². The van der Waals surface area contributed by atoms with Gasteiger partial charge in [-0.05, 0) is 26.2 Å². The van der Waals surface area contributed by atoms with Gasteiger partial charge in [-0.25, -0.2) is 0 Å². The molecule has 1 saturated heterocycles. The minimum atomic E-state index is -0.454. The van der Waals surface area contributed by atoms with Crippen LogP contribution in [0.1, 0.15) is 41.0 Å². The SMILES string of the molecule is CC(C)C(C)C(=O)NC1CCN(C(C)C)CC1O. The summed E-state index contributed by atoms with van der Waals surface area (Å²) >= 11 is 0. The summed E-state index contributed by atoms with van der Waals surface area (Å²) in [6, 6.07) is 0.361. The van der Waals surface area contributed by atoms with Crippen molar-refractivity contribution in [2.24, 2.45) is 11.8 Å². The average Bonchev–Trinajstić information content (AvgIpc) is 2.30. The Balaban J connectivity index is 2.47. The lowest BCUT2D eigenvalue weighted by Crippen LogP contribution is -2.56. The molecule has 18 heavy (non-hydrogen) atoms. The van der Waals surface area contributed by atoms with Gasteiger partial charge in [0.1, 0.15) is 0 Å². The van der Waals surface area contributed by atoms with Gasteiger partial charge in [-0.1, -0.05) is 20.8 Å². The molecule has 1 heterocycles. The zero-order valence-corrected chi connectivity index (χ0v) is 12.3. The number of hydrogen-bond acceptors (Lipinski definition) is 3. The lowest BCUT2D eigenvalue weighted by molar-refractivity contribution is -0.128.